The van der Waals surface area contributed by atoms with Crippen LogP contribution < -0.4 is 0 Å². The van der Waals surface area contributed by atoms with Gasteiger partial charge in [0.15, 0.2) is 0 Å². The van der Waals surface area contributed by atoms with E-state index in [1.54, 1.807) is 0 Å². The molecule has 0 aliphatic carbocycles. The summed E-state index contributed by atoms with van der Waals surface area (Å²) in [5.41, 5.74) is 5.21. The molecule has 160 valence electrons. The molecule has 1 aromatic heterocycles. The summed E-state index contributed by atoms with van der Waals surface area (Å²) in [6.07, 6.45) is -2.92. The molecule has 2 heterocycles. The maximum absolute atomic E-state index is 10.7. The molecule has 4 rings (SSSR count). The van der Waals surface area contributed by atoms with E-state index >= 15 is 0 Å². The van der Waals surface area contributed by atoms with Gasteiger partial charge < -0.3 is 29.7 Å². The molecular formula is C24H29NO5. The van der Waals surface area contributed by atoms with E-state index in [4.69, 9.17) is 4.74 Å². The Bertz CT molecular complexity index is 1010. The van der Waals surface area contributed by atoms with Crippen molar-refractivity contribution in [3.63, 3.8) is 0 Å². The average molecular weight is 411 g/mol. The Morgan fingerprint density at radius 2 is 1.63 bits per heavy atom. The van der Waals surface area contributed by atoms with Crippen LogP contribution in [-0.2, 0) is 17.7 Å². The first-order valence-electron chi connectivity index (χ1n) is 10.4. The fraction of sp³-hybridized carbons (Fsp3) is 0.417. The summed E-state index contributed by atoms with van der Waals surface area (Å²) < 4.78 is 7.96. The Morgan fingerprint density at radius 1 is 0.933 bits per heavy atom. The molecule has 1 aliphatic heterocycles. The van der Waals surface area contributed by atoms with Gasteiger partial charge in [0.05, 0.1) is 6.61 Å². The standard InChI is InChI=1S/C24H29NO5/c1-3-15-7-9-16(10-8-15)11-25-12-17(20-14(2)5-4-6-18(20)25)24-23(29)22(28)21(27)19(13-26)30-24/h4-10,12,19,21-24,26-29H,3,11,13H2,1-2H3/t19-,21-,22+,23-,24+/m1/s1. The fourth-order valence-corrected chi connectivity index (χ4v) is 4.35. The van der Waals surface area contributed by atoms with Crippen molar-refractivity contribution < 1.29 is 25.2 Å². The van der Waals surface area contributed by atoms with Crippen LogP contribution in [0.15, 0.2) is 48.7 Å². The third-order valence-corrected chi connectivity index (χ3v) is 6.13. The van der Waals surface area contributed by atoms with E-state index in [0.717, 1.165) is 34.0 Å². The number of aromatic nitrogens is 1. The van der Waals surface area contributed by atoms with Gasteiger partial charge in [-0.25, -0.2) is 0 Å². The topological polar surface area (TPSA) is 95.1 Å². The molecular weight excluding hydrogens is 382 g/mol. The molecule has 1 saturated heterocycles. The fourth-order valence-electron chi connectivity index (χ4n) is 4.35. The number of benzene rings is 2. The highest BCUT2D eigenvalue weighted by Crippen LogP contribution is 2.38. The smallest absolute Gasteiger partial charge is 0.114 e. The molecule has 0 radical (unpaired) electrons. The summed E-state index contributed by atoms with van der Waals surface area (Å²) in [5, 5.41) is 41.6. The molecule has 30 heavy (non-hydrogen) atoms. The van der Waals surface area contributed by atoms with Crippen LogP contribution in [0.5, 0.6) is 0 Å². The van der Waals surface area contributed by atoms with Gasteiger partial charge in [0.25, 0.3) is 0 Å². The first-order valence-corrected chi connectivity index (χ1v) is 10.4. The van der Waals surface area contributed by atoms with E-state index < -0.39 is 37.1 Å². The normalized spacial score (nSPS) is 26.9. The Balaban J connectivity index is 1.76. The zero-order valence-electron chi connectivity index (χ0n) is 17.3. The molecule has 6 nitrogen and oxygen atoms in total. The lowest BCUT2D eigenvalue weighted by Gasteiger charge is -2.40. The number of aliphatic hydroxyl groups is 4. The van der Waals surface area contributed by atoms with Gasteiger partial charge in [-0.15, -0.1) is 0 Å². The van der Waals surface area contributed by atoms with Crippen LogP contribution in [0.4, 0.5) is 0 Å². The zero-order chi connectivity index (χ0) is 21.4. The molecule has 1 aliphatic rings. The number of fused-ring (bicyclic) bond motifs is 1. The highest BCUT2D eigenvalue weighted by molar-refractivity contribution is 5.87. The van der Waals surface area contributed by atoms with Gasteiger partial charge in [0.1, 0.15) is 30.5 Å². The van der Waals surface area contributed by atoms with E-state index in [2.05, 4.69) is 35.8 Å². The van der Waals surface area contributed by atoms with Crippen molar-refractivity contribution in [1.29, 1.82) is 0 Å². The Morgan fingerprint density at radius 3 is 2.30 bits per heavy atom. The second-order valence-electron chi connectivity index (χ2n) is 8.10. The van der Waals surface area contributed by atoms with Crippen molar-refractivity contribution in [2.24, 2.45) is 0 Å². The third-order valence-electron chi connectivity index (χ3n) is 6.13. The molecule has 3 aromatic rings. The van der Waals surface area contributed by atoms with E-state index in [1.165, 1.54) is 5.56 Å². The predicted octanol–water partition coefficient (Wildman–Crippen LogP) is 2.08. The van der Waals surface area contributed by atoms with Crippen molar-refractivity contribution in [3.8, 4) is 0 Å². The van der Waals surface area contributed by atoms with Crippen LogP contribution in [0.2, 0.25) is 0 Å². The van der Waals surface area contributed by atoms with Crippen LogP contribution in [0, 0.1) is 6.92 Å². The summed E-state index contributed by atoms with van der Waals surface area (Å²) in [5.74, 6) is 0. The third kappa shape index (κ3) is 3.66. The molecule has 0 spiro atoms. The predicted molar refractivity (Wildman–Crippen MR) is 114 cm³/mol. The maximum atomic E-state index is 10.7. The first-order chi connectivity index (χ1) is 14.4. The molecule has 0 saturated carbocycles. The molecule has 4 N–H and O–H groups in total. The largest absolute Gasteiger partial charge is 0.394 e. The maximum Gasteiger partial charge on any atom is 0.114 e. The van der Waals surface area contributed by atoms with Gasteiger partial charge in [0.2, 0.25) is 0 Å². The van der Waals surface area contributed by atoms with E-state index in [1.807, 2.05) is 31.3 Å². The number of aryl methyl sites for hydroxylation is 2. The van der Waals surface area contributed by atoms with Gasteiger partial charge in [0, 0.05) is 29.2 Å². The van der Waals surface area contributed by atoms with Crippen molar-refractivity contribution in [2.45, 2.75) is 57.3 Å². The number of hydrogen-bond acceptors (Lipinski definition) is 5. The van der Waals surface area contributed by atoms with Gasteiger partial charge in [-0.2, -0.15) is 0 Å². The summed E-state index contributed by atoms with van der Waals surface area (Å²) >= 11 is 0. The van der Waals surface area contributed by atoms with Crippen LogP contribution >= 0.6 is 0 Å². The molecule has 2 aromatic carbocycles. The van der Waals surface area contributed by atoms with Gasteiger partial charge in [-0.05, 0) is 36.1 Å². The molecule has 0 amide bonds. The Hall–Kier alpha value is -2.22. The number of rotatable bonds is 5. The van der Waals surface area contributed by atoms with Crippen LogP contribution in [-0.4, -0.2) is 56.0 Å². The summed E-state index contributed by atoms with van der Waals surface area (Å²) in [6, 6.07) is 14.5. The molecule has 5 atom stereocenters. The molecule has 0 unspecified atom stereocenters. The number of ether oxygens (including phenoxy) is 1. The lowest BCUT2D eigenvalue weighted by molar-refractivity contribution is -0.231. The van der Waals surface area contributed by atoms with Crippen molar-refractivity contribution in [2.75, 3.05) is 6.61 Å². The zero-order valence-corrected chi connectivity index (χ0v) is 17.3. The van der Waals surface area contributed by atoms with Crippen LogP contribution in [0.1, 0.15) is 35.3 Å². The Labute approximate surface area is 176 Å². The van der Waals surface area contributed by atoms with Gasteiger partial charge in [-0.1, -0.05) is 43.3 Å². The Kier molecular flexibility index (Phi) is 5.95. The number of aliphatic hydroxyl groups excluding tert-OH is 4. The molecule has 1 fully saturated rings. The second kappa shape index (κ2) is 8.49. The summed E-state index contributed by atoms with van der Waals surface area (Å²) in [6.45, 7) is 4.34. The van der Waals surface area contributed by atoms with Gasteiger partial charge in [-0.3, -0.25) is 0 Å². The minimum atomic E-state index is -1.40. The molecule has 0 bridgehead atoms. The minimum Gasteiger partial charge on any atom is -0.394 e. The first kappa shape index (κ1) is 21.0. The van der Waals surface area contributed by atoms with E-state index in [-0.39, 0.29) is 0 Å². The quantitative estimate of drug-likeness (QED) is 0.516. The number of hydrogen-bond donors (Lipinski definition) is 4. The van der Waals surface area contributed by atoms with Gasteiger partial charge >= 0.3 is 0 Å². The van der Waals surface area contributed by atoms with Crippen molar-refractivity contribution in [1.82, 2.24) is 4.57 Å². The van der Waals surface area contributed by atoms with Crippen LogP contribution in [0.25, 0.3) is 10.9 Å². The second-order valence-corrected chi connectivity index (χ2v) is 8.10. The molecule has 6 heteroatoms. The van der Waals surface area contributed by atoms with Crippen molar-refractivity contribution >= 4 is 10.9 Å². The minimum absolute atomic E-state index is 0.442. The number of nitrogens with zero attached hydrogens (tertiary/aromatic N) is 1. The average Bonchev–Trinajstić information content (AvgIpc) is 3.12. The summed E-state index contributed by atoms with van der Waals surface area (Å²) in [4.78, 5) is 0. The summed E-state index contributed by atoms with van der Waals surface area (Å²) in [7, 11) is 0. The van der Waals surface area contributed by atoms with Crippen LogP contribution in [0.3, 0.4) is 0 Å². The van der Waals surface area contributed by atoms with E-state index in [0.29, 0.717) is 6.54 Å². The SMILES string of the molecule is CCc1ccc(Cn2cc([C@@H]3O[C@H](CO)[C@@H](O)[C@H](O)[C@H]3O)c3c(C)cccc32)cc1. The van der Waals surface area contributed by atoms with Crippen molar-refractivity contribution in [3.05, 3.63) is 70.9 Å². The monoisotopic (exact) mass is 411 g/mol. The van der Waals surface area contributed by atoms with E-state index in [9.17, 15) is 20.4 Å². The lowest BCUT2D eigenvalue weighted by Crippen LogP contribution is -2.55. The lowest BCUT2D eigenvalue weighted by atomic mass is 9.90. The highest BCUT2D eigenvalue weighted by Gasteiger charge is 2.44. The highest BCUT2D eigenvalue weighted by atomic mass is 16.5.